The van der Waals surface area contributed by atoms with E-state index >= 15 is 0 Å². The molecule has 0 radical (unpaired) electrons. The number of nitriles is 1. The van der Waals surface area contributed by atoms with Crippen LogP contribution in [0.2, 0.25) is 5.15 Å². The summed E-state index contributed by atoms with van der Waals surface area (Å²) in [6.07, 6.45) is 5.19. The fraction of sp³-hybridized carbons (Fsp3) is 0.474. The van der Waals surface area contributed by atoms with Crippen LogP contribution in [0.5, 0.6) is 0 Å². The SMILES string of the molecule is CC(=O)O.CCCCc1nc(-c2c(C#N)c(N)nc3c2CC(N)CC3)c(Cl)[nH]1. The second-order valence-electron chi connectivity index (χ2n) is 6.76. The molecule has 8 nitrogen and oxygen atoms in total. The molecular formula is C19H25ClN6O2. The number of hydrogen-bond acceptors (Lipinski definition) is 6. The van der Waals surface area contributed by atoms with Crippen LogP contribution in [-0.4, -0.2) is 32.1 Å². The van der Waals surface area contributed by atoms with E-state index in [0.29, 0.717) is 28.4 Å². The van der Waals surface area contributed by atoms with Crippen LogP contribution in [0.3, 0.4) is 0 Å². The van der Waals surface area contributed by atoms with Gasteiger partial charge in [-0.15, -0.1) is 0 Å². The van der Waals surface area contributed by atoms with Crippen molar-refractivity contribution in [3.63, 3.8) is 0 Å². The third-order valence-corrected chi connectivity index (χ3v) is 4.73. The molecule has 150 valence electrons. The Kier molecular flexibility index (Phi) is 7.38. The fourth-order valence-corrected chi connectivity index (χ4v) is 3.45. The Balaban J connectivity index is 0.000000640. The highest BCUT2D eigenvalue weighted by molar-refractivity contribution is 6.32. The topological polar surface area (TPSA) is 155 Å². The quantitative estimate of drug-likeness (QED) is 0.610. The number of aromatic amines is 1. The number of aliphatic carboxylic acids is 1. The van der Waals surface area contributed by atoms with E-state index < -0.39 is 5.97 Å². The van der Waals surface area contributed by atoms with Gasteiger partial charge in [-0.2, -0.15) is 5.26 Å². The van der Waals surface area contributed by atoms with Crippen molar-refractivity contribution in [2.24, 2.45) is 5.73 Å². The largest absolute Gasteiger partial charge is 0.481 e. The summed E-state index contributed by atoms with van der Waals surface area (Å²) in [4.78, 5) is 21.2. The molecule has 0 spiro atoms. The van der Waals surface area contributed by atoms with Gasteiger partial charge in [-0.05, 0) is 31.2 Å². The lowest BCUT2D eigenvalue weighted by molar-refractivity contribution is -0.134. The molecule has 2 heterocycles. The number of rotatable bonds is 4. The number of imidazole rings is 1. The first-order valence-electron chi connectivity index (χ1n) is 9.19. The monoisotopic (exact) mass is 404 g/mol. The van der Waals surface area contributed by atoms with Crippen LogP contribution >= 0.6 is 11.6 Å². The Labute approximate surface area is 168 Å². The van der Waals surface area contributed by atoms with E-state index in [1.165, 1.54) is 0 Å². The number of aryl methyl sites for hydroxylation is 2. The minimum Gasteiger partial charge on any atom is -0.481 e. The smallest absolute Gasteiger partial charge is 0.300 e. The molecule has 6 N–H and O–H groups in total. The van der Waals surface area contributed by atoms with Gasteiger partial charge >= 0.3 is 0 Å². The van der Waals surface area contributed by atoms with Gasteiger partial charge in [0.15, 0.2) is 0 Å². The highest BCUT2D eigenvalue weighted by Crippen LogP contribution is 2.37. The second-order valence-corrected chi connectivity index (χ2v) is 7.13. The van der Waals surface area contributed by atoms with Crippen LogP contribution in [0, 0.1) is 11.3 Å². The predicted octanol–water partition coefficient (Wildman–Crippen LogP) is 2.83. The van der Waals surface area contributed by atoms with E-state index in [-0.39, 0.29) is 11.9 Å². The molecule has 28 heavy (non-hydrogen) atoms. The summed E-state index contributed by atoms with van der Waals surface area (Å²) in [6.45, 7) is 3.21. The lowest BCUT2D eigenvalue weighted by atomic mass is 9.86. The van der Waals surface area contributed by atoms with Gasteiger partial charge in [0.25, 0.3) is 5.97 Å². The molecule has 0 saturated carbocycles. The van der Waals surface area contributed by atoms with Gasteiger partial charge in [-0.3, -0.25) is 4.79 Å². The molecule has 1 aliphatic carbocycles. The Morgan fingerprint density at radius 1 is 1.46 bits per heavy atom. The summed E-state index contributed by atoms with van der Waals surface area (Å²) in [5, 5.41) is 17.4. The molecule has 0 aliphatic heterocycles. The number of carboxylic acid groups (broad SMARTS) is 1. The molecule has 0 bridgehead atoms. The van der Waals surface area contributed by atoms with Crippen molar-refractivity contribution in [2.75, 3.05) is 5.73 Å². The van der Waals surface area contributed by atoms with Gasteiger partial charge in [-0.1, -0.05) is 24.9 Å². The molecular weight excluding hydrogens is 380 g/mol. The number of fused-ring (bicyclic) bond motifs is 1. The van der Waals surface area contributed by atoms with Crippen molar-refractivity contribution in [3.05, 3.63) is 27.8 Å². The van der Waals surface area contributed by atoms with E-state index in [4.69, 9.17) is 33.0 Å². The van der Waals surface area contributed by atoms with Gasteiger partial charge in [-0.25, -0.2) is 9.97 Å². The number of nitrogens with zero attached hydrogens (tertiary/aromatic N) is 3. The van der Waals surface area contributed by atoms with Gasteiger partial charge < -0.3 is 21.6 Å². The first-order chi connectivity index (χ1) is 13.3. The van der Waals surface area contributed by atoms with E-state index in [0.717, 1.165) is 56.1 Å². The third-order valence-electron chi connectivity index (χ3n) is 4.45. The molecule has 0 fully saturated rings. The Bertz CT molecular complexity index is 899. The Morgan fingerprint density at radius 3 is 2.75 bits per heavy atom. The highest BCUT2D eigenvalue weighted by atomic mass is 35.5. The van der Waals surface area contributed by atoms with Gasteiger partial charge in [0.2, 0.25) is 0 Å². The molecule has 1 aliphatic rings. The van der Waals surface area contributed by atoms with Crippen LogP contribution < -0.4 is 11.5 Å². The number of carboxylic acids is 1. The zero-order valence-corrected chi connectivity index (χ0v) is 16.8. The number of carbonyl (C=O) groups is 1. The minimum atomic E-state index is -0.833. The lowest BCUT2D eigenvalue weighted by Gasteiger charge is -2.24. The zero-order chi connectivity index (χ0) is 20.8. The van der Waals surface area contributed by atoms with Crippen LogP contribution in [0.25, 0.3) is 11.3 Å². The molecule has 1 atom stereocenters. The maximum absolute atomic E-state index is 9.58. The highest BCUT2D eigenvalue weighted by Gasteiger charge is 2.27. The molecule has 1 unspecified atom stereocenters. The third kappa shape index (κ3) is 5.00. The van der Waals surface area contributed by atoms with E-state index in [2.05, 4.69) is 27.9 Å². The summed E-state index contributed by atoms with van der Waals surface area (Å²) in [7, 11) is 0. The van der Waals surface area contributed by atoms with Crippen molar-refractivity contribution < 1.29 is 9.90 Å². The van der Waals surface area contributed by atoms with Crippen LogP contribution in [-0.2, 0) is 24.1 Å². The average molecular weight is 405 g/mol. The van der Waals surface area contributed by atoms with E-state index in [1.807, 2.05) is 0 Å². The number of aromatic nitrogens is 3. The van der Waals surface area contributed by atoms with E-state index in [9.17, 15) is 5.26 Å². The number of pyridine rings is 1. The van der Waals surface area contributed by atoms with Gasteiger partial charge in [0.05, 0.1) is 0 Å². The number of nitrogen functional groups attached to an aromatic ring is 1. The summed E-state index contributed by atoms with van der Waals surface area (Å²) in [6, 6.07) is 2.21. The second kappa shape index (κ2) is 9.53. The standard InChI is InChI=1S/C17H21ClN6.C2H4O2/c1-2-3-4-13-23-15(16(18)24-13)14-10-7-9(20)5-6-12(10)22-17(21)11(14)8-19;1-2(3)4/h9H,2-7,20H2,1H3,(H2,21,22)(H,23,24);1H3,(H,3,4). The number of hydrogen-bond donors (Lipinski definition) is 4. The number of H-pyrrole nitrogens is 1. The summed E-state index contributed by atoms with van der Waals surface area (Å²) in [5.41, 5.74) is 15.6. The minimum absolute atomic E-state index is 0.0468. The maximum atomic E-state index is 9.58. The van der Waals surface area contributed by atoms with Crippen LogP contribution in [0.15, 0.2) is 0 Å². The average Bonchev–Trinajstić information content (AvgIpc) is 2.99. The molecule has 0 aromatic carbocycles. The molecule has 0 saturated heterocycles. The number of nitrogens with two attached hydrogens (primary N) is 2. The van der Waals surface area contributed by atoms with Crippen LogP contribution in [0.4, 0.5) is 5.82 Å². The maximum Gasteiger partial charge on any atom is 0.300 e. The predicted molar refractivity (Wildman–Crippen MR) is 108 cm³/mol. The zero-order valence-electron chi connectivity index (χ0n) is 16.0. The summed E-state index contributed by atoms with van der Waals surface area (Å²) in [5.74, 6) is 0.223. The van der Waals surface area contributed by atoms with Crippen LogP contribution in [0.1, 0.15) is 55.8 Å². The normalized spacial score (nSPS) is 15.2. The number of halogens is 1. The Hall–Kier alpha value is -2.63. The molecule has 3 rings (SSSR count). The number of unbranched alkanes of at least 4 members (excludes halogenated alkanes) is 1. The van der Waals surface area contributed by atoms with Gasteiger partial charge in [0.1, 0.15) is 34.1 Å². The summed E-state index contributed by atoms with van der Waals surface area (Å²) < 4.78 is 0. The first kappa shape index (κ1) is 21.7. The van der Waals surface area contributed by atoms with Crippen molar-refractivity contribution in [2.45, 2.75) is 58.4 Å². The molecule has 2 aromatic heterocycles. The van der Waals surface area contributed by atoms with Gasteiger partial charge in [0, 0.05) is 30.6 Å². The lowest BCUT2D eigenvalue weighted by Crippen LogP contribution is -2.29. The first-order valence-corrected chi connectivity index (χ1v) is 9.57. The van der Waals surface area contributed by atoms with E-state index in [1.54, 1.807) is 0 Å². The number of nitrogens with one attached hydrogen (secondary N) is 1. The molecule has 9 heteroatoms. The molecule has 0 amide bonds. The number of anilines is 1. The molecule has 2 aromatic rings. The summed E-state index contributed by atoms with van der Waals surface area (Å²) >= 11 is 6.40. The van der Waals surface area contributed by atoms with Crippen molar-refractivity contribution >= 4 is 23.4 Å². The Morgan fingerprint density at radius 2 is 2.14 bits per heavy atom. The van der Waals surface area contributed by atoms with Crippen molar-refractivity contribution in [1.29, 1.82) is 5.26 Å². The van der Waals surface area contributed by atoms with Crippen molar-refractivity contribution in [3.8, 4) is 17.3 Å². The fourth-order valence-electron chi connectivity index (χ4n) is 3.21. The van der Waals surface area contributed by atoms with Crippen molar-refractivity contribution in [1.82, 2.24) is 15.0 Å².